The number of hydrogen-bond donors (Lipinski definition) is 1. The minimum atomic E-state index is -4.15. The predicted octanol–water partition coefficient (Wildman–Crippen LogP) is 2.89. The zero-order valence-electron chi connectivity index (χ0n) is 9.91. The molecule has 2 rings (SSSR count). The molecule has 2 N–H and O–H groups in total. The monoisotopic (exact) mass is 279 g/mol. The van der Waals surface area contributed by atoms with E-state index < -0.39 is 12.7 Å². The number of alkyl halides is 3. The highest BCUT2D eigenvalue weighted by molar-refractivity contribution is 7.15. The van der Waals surface area contributed by atoms with Gasteiger partial charge in [-0.05, 0) is 18.8 Å². The highest BCUT2D eigenvalue weighted by Crippen LogP contribution is 2.29. The van der Waals surface area contributed by atoms with Crippen LogP contribution >= 0.6 is 11.3 Å². The van der Waals surface area contributed by atoms with Gasteiger partial charge in [0.25, 0.3) is 0 Å². The summed E-state index contributed by atoms with van der Waals surface area (Å²) in [5, 5.41) is 0.403. The zero-order valence-corrected chi connectivity index (χ0v) is 10.7. The summed E-state index contributed by atoms with van der Waals surface area (Å²) >= 11 is 1.25. The van der Waals surface area contributed by atoms with Gasteiger partial charge in [0.1, 0.15) is 0 Å². The molecule has 1 aliphatic carbocycles. The second-order valence-electron chi connectivity index (χ2n) is 4.75. The molecule has 102 valence electrons. The van der Waals surface area contributed by atoms with Crippen LogP contribution in [0.15, 0.2) is 6.20 Å². The fraction of sp³-hybridized carbons (Fsp3) is 0.727. The lowest BCUT2D eigenvalue weighted by molar-refractivity contribution is -0.149. The highest BCUT2D eigenvalue weighted by atomic mass is 32.1. The van der Waals surface area contributed by atoms with Gasteiger partial charge in [-0.25, -0.2) is 4.98 Å². The van der Waals surface area contributed by atoms with E-state index in [1.165, 1.54) is 16.2 Å². The normalized spacial score (nSPS) is 17.1. The van der Waals surface area contributed by atoms with Crippen molar-refractivity contribution in [3.63, 3.8) is 0 Å². The Hall–Kier alpha value is -0.820. The Morgan fingerprint density at radius 2 is 2.17 bits per heavy atom. The van der Waals surface area contributed by atoms with Gasteiger partial charge in [-0.3, -0.25) is 4.90 Å². The number of halogens is 3. The Morgan fingerprint density at radius 1 is 1.44 bits per heavy atom. The molecule has 1 heterocycles. The molecule has 0 radical (unpaired) electrons. The Kier molecular flexibility index (Phi) is 4.11. The van der Waals surface area contributed by atoms with Gasteiger partial charge in [-0.1, -0.05) is 6.42 Å². The first-order valence-electron chi connectivity index (χ1n) is 5.91. The Bertz CT molecular complexity index is 387. The van der Waals surface area contributed by atoms with Gasteiger partial charge in [0, 0.05) is 24.2 Å². The van der Waals surface area contributed by atoms with E-state index in [1.54, 1.807) is 6.20 Å². The van der Waals surface area contributed by atoms with E-state index in [4.69, 9.17) is 5.73 Å². The van der Waals surface area contributed by atoms with Crippen molar-refractivity contribution in [2.75, 3.05) is 18.8 Å². The number of nitrogens with two attached hydrogens (primary N) is 1. The number of nitrogen functional groups attached to an aromatic ring is 1. The van der Waals surface area contributed by atoms with Gasteiger partial charge < -0.3 is 5.73 Å². The average molecular weight is 279 g/mol. The summed E-state index contributed by atoms with van der Waals surface area (Å²) in [6, 6.07) is 0. The standard InChI is InChI=1S/C11H16F3N3S/c12-11(13,14)7-17(5-8-2-1-3-8)6-9-4-16-10(15)18-9/h4,8H,1-3,5-7H2,(H2,15,16). The van der Waals surface area contributed by atoms with Crippen LogP contribution < -0.4 is 5.73 Å². The summed E-state index contributed by atoms with van der Waals surface area (Å²) in [5.41, 5.74) is 5.49. The molecule has 0 amide bonds. The van der Waals surface area contributed by atoms with Crippen LogP contribution in [0.4, 0.5) is 18.3 Å². The number of hydrogen-bond acceptors (Lipinski definition) is 4. The van der Waals surface area contributed by atoms with Gasteiger partial charge in [-0.15, -0.1) is 11.3 Å². The highest BCUT2D eigenvalue weighted by Gasteiger charge is 2.32. The molecule has 18 heavy (non-hydrogen) atoms. The number of anilines is 1. The molecule has 0 atom stereocenters. The Balaban J connectivity index is 1.94. The van der Waals surface area contributed by atoms with Gasteiger partial charge in [0.2, 0.25) is 0 Å². The first-order chi connectivity index (χ1) is 8.42. The van der Waals surface area contributed by atoms with Crippen LogP contribution in [0.3, 0.4) is 0 Å². The van der Waals surface area contributed by atoms with Crippen LogP contribution in [0, 0.1) is 5.92 Å². The molecule has 1 aromatic rings. The summed E-state index contributed by atoms with van der Waals surface area (Å²) in [5.74, 6) is 0.414. The molecule has 0 unspecified atom stereocenters. The third-order valence-corrected chi connectivity index (χ3v) is 3.91. The molecule has 3 nitrogen and oxygen atoms in total. The van der Waals surface area contributed by atoms with Crippen LogP contribution in [-0.4, -0.2) is 29.1 Å². The van der Waals surface area contributed by atoms with Crippen LogP contribution in [0.5, 0.6) is 0 Å². The molecular weight excluding hydrogens is 263 g/mol. The third kappa shape index (κ3) is 4.13. The van der Waals surface area contributed by atoms with Crippen LogP contribution in [0.1, 0.15) is 24.1 Å². The zero-order chi connectivity index (χ0) is 13.2. The minimum Gasteiger partial charge on any atom is -0.375 e. The van der Waals surface area contributed by atoms with E-state index >= 15 is 0 Å². The molecule has 1 fully saturated rings. The smallest absolute Gasteiger partial charge is 0.375 e. The molecule has 0 aromatic carbocycles. The second-order valence-corrected chi connectivity index (χ2v) is 5.89. The number of rotatable bonds is 5. The van der Waals surface area contributed by atoms with Gasteiger partial charge in [0.15, 0.2) is 5.13 Å². The molecule has 1 aromatic heterocycles. The molecule has 1 saturated carbocycles. The first kappa shape index (κ1) is 13.6. The summed E-state index contributed by atoms with van der Waals surface area (Å²) in [4.78, 5) is 6.11. The molecule has 0 spiro atoms. The SMILES string of the molecule is Nc1ncc(CN(CC2CCC2)CC(F)(F)F)s1. The Labute approximate surface area is 108 Å². The molecule has 0 saturated heterocycles. The molecule has 0 bridgehead atoms. The third-order valence-electron chi connectivity index (χ3n) is 3.09. The maximum Gasteiger partial charge on any atom is 0.401 e. The minimum absolute atomic E-state index is 0.283. The van der Waals surface area contributed by atoms with E-state index in [-0.39, 0.29) is 6.54 Å². The second kappa shape index (κ2) is 5.44. The van der Waals surface area contributed by atoms with Crippen LogP contribution in [-0.2, 0) is 6.54 Å². The van der Waals surface area contributed by atoms with E-state index in [1.807, 2.05) is 0 Å². The number of aromatic nitrogens is 1. The van der Waals surface area contributed by atoms with E-state index in [0.717, 1.165) is 24.1 Å². The van der Waals surface area contributed by atoms with Crippen molar-refractivity contribution >= 4 is 16.5 Å². The van der Waals surface area contributed by atoms with E-state index in [9.17, 15) is 13.2 Å². The molecule has 0 aliphatic heterocycles. The van der Waals surface area contributed by atoms with Gasteiger partial charge in [-0.2, -0.15) is 13.2 Å². The first-order valence-corrected chi connectivity index (χ1v) is 6.73. The van der Waals surface area contributed by atoms with E-state index in [2.05, 4.69) is 4.98 Å². The van der Waals surface area contributed by atoms with Crippen LogP contribution in [0.25, 0.3) is 0 Å². The fourth-order valence-electron chi connectivity index (χ4n) is 2.10. The lowest BCUT2D eigenvalue weighted by atomic mass is 9.85. The molecule has 7 heteroatoms. The van der Waals surface area contributed by atoms with Crippen LogP contribution in [0.2, 0.25) is 0 Å². The van der Waals surface area contributed by atoms with Crippen molar-refractivity contribution in [3.05, 3.63) is 11.1 Å². The van der Waals surface area contributed by atoms with Crippen molar-refractivity contribution < 1.29 is 13.2 Å². The van der Waals surface area contributed by atoms with Crippen molar-refractivity contribution in [2.24, 2.45) is 5.92 Å². The lowest BCUT2D eigenvalue weighted by Crippen LogP contribution is -2.38. The lowest BCUT2D eigenvalue weighted by Gasteiger charge is -2.32. The quantitative estimate of drug-likeness (QED) is 0.901. The molecular formula is C11H16F3N3S. The van der Waals surface area contributed by atoms with Gasteiger partial charge in [0.05, 0.1) is 6.54 Å². The largest absolute Gasteiger partial charge is 0.401 e. The maximum atomic E-state index is 12.5. The Morgan fingerprint density at radius 3 is 2.61 bits per heavy atom. The van der Waals surface area contributed by atoms with Crippen molar-refractivity contribution in [3.8, 4) is 0 Å². The van der Waals surface area contributed by atoms with Crippen molar-refractivity contribution in [1.29, 1.82) is 0 Å². The summed E-state index contributed by atoms with van der Waals surface area (Å²) in [6.07, 6.45) is 0.626. The fourth-order valence-corrected chi connectivity index (χ4v) is 2.82. The summed E-state index contributed by atoms with van der Waals surface area (Å²) in [7, 11) is 0. The average Bonchev–Trinajstić information content (AvgIpc) is 2.55. The van der Waals surface area contributed by atoms with E-state index in [0.29, 0.717) is 17.6 Å². The van der Waals surface area contributed by atoms with Crippen molar-refractivity contribution in [2.45, 2.75) is 32.0 Å². The summed E-state index contributed by atoms with van der Waals surface area (Å²) < 4.78 is 37.5. The van der Waals surface area contributed by atoms with Crippen molar-refractivity contribution in [1.82, 2.24) is 9.88 Å². The molecule has 1 aliphatic rings. The number of thiazole rings is 1. The summed E-state index contributed by atoms with van der Waals surface area (Å²) in [6.45, 7) is -0.0660. The van der Waals surface area contributed by atoms with Gasteiger partial charge >= 0.3 is 6.18 Å². The number of nitrogens with zero attached hydrogens (tertiary/aromatic N) is 2. The maximum absolute atomic E-state index is 12.5. The topological polar surface area (TPSA) is 42.1 Å². The predicted molar refractivity (Wildman–Crippen MR) is 65.2 cm³/mol.